The Morgan fingerprint density at radius 3 is 2.53 bits per heavy atom. The average Bonchev–Trinajstić information content (AvgIpc) is 2.67. The zero-order valence-electron chi connectivity index (χ0n) is 10.8. The van der Waals surface area contributed by atoms with Crippen LogP contribution in [-0.2, 0) is 14.3 Å². The largest absolute Gasteiger partial charge is 0.449 e. The SMILES string of the molecule is CCC1N(C(C)(C)C)C(=O)CC12C=CC(=O)O2. The number of carbonyl (C=O) groups is 2. The predicted molar refractivity (Wildman–Crippen MR) is 63.3 cm³/mol. The van der Waals surface area contributed by atoms with Crippen molar-refractivity contribution in [2.75, 3.05) is 0 Å². The number of esters is 1. The van der Waals surface area contributed by atoms with Gasteiger partial charge in [0, 0.05) is 11.6 Å². The van der Waals surface area contributed by atoms with Gasteiger partial charge in [0.1, 0.15) is 0 Å². The molecule has 0 bridgehead atoms. The molecule has 0 saturated carbocycles. The Morgan fingerprint density at radius 1 is 1.47 bits per heavy atom. The summed E-state index contributed by atoms with van der Waals surface area (Å²) in [7, 11) is 0. The number of nitrogens with zero attached hydrogens (tertiary/aromatic N) is 1. The van der Waals surface area contributed by atoms with Crippen LogP contribution in [0.4, 0.5) is 0 Å². The minimum atomic E-state index is -0.726. The summed E-state index contributed by atoms with van der Waals surface area (Å²) in [5.74, 6) is -0.282. The highest BCUT2D eigenvalue weighted by Crippen LogP contribution is 2.42. The van der Waals surface area contributed by atoms with Crippen LogP contribution in [0.5, 0.6) is 0 Å². The maximum absolute atomic E-state index is 12.2. The Bertz CT molecular complexity index is 394. The van der Waals surface area contributed by atoms with Crippen LogP contribution in [0.2, 0.25) is 0 Å². The minimum Gasteiger partial charge on any atom is -0.449 e. The Balaban J connectivity index is 2.38. The quantitative estimate of drug-likeness (QED) is 0.651. The Labute approximate surface area is 102 Å². The van der Waals surface area contributed by atoms with E-state index in [1.165, 1.54) is 6.08 Å². The van der Waals surface area contributed by atoms with E-state index in [1.54, 1.807) is 6.08 Å². The zero-order valence-corrected chi connectivity index (χ0v) is 10.8. The van der Waals surface area contributed by atoms with Crippen LogP contribution in [0.25, 0.3) is 0 Å². The molecule has 2 unspecified atom stereocenters. The second-order valence-corrected chi connectivity index (χ2v) is 5.74. The Kier molecular flexibility index (Phi) is 2.56. The molecule has 2 heterocycles. The molecule has 2 atom stereocenters. The first kappa shape index (κ1) is 12.1. The number of ether oxygens (including phenoxy) is 1. The highest BCUT2D eigenvalue weighted by Gasteiger charge is 2.56. The number of hydrogen-bond donors (Lipinski definition) is 0. The Hall–Kier alpha value is -1.32. The summed E-state index contributed by atoms with van der Waals surface area (Å²) >= 11 is 0. The van der Waals surface area contributed by atoms with E-state index < -0.39 is 5.60 Å². The van der Waals surface area contributed by atoms with E-state index in [0.717, 1.165) is 6.42 Å². The molecule has 0 aromatic heterocycles. The van der Waals surface area contributed by atoms with Crippen LogP contribution in [0.15, 0.2) is 12.2 Å². The first-order chi connectivity index (χ1) is 7.80. The third-order valence-corrected chi connectivity index (χ3v) is 3.47. The van der Waals surface area contributed by atoms with Crippen molar-refractivity contribution >= 4 is 11.9 Å². The van der Waals surface area contributed by atoms with E-state index in [4.69, 9.17) is 4.74 Å². The van der Waals surface area contributed by atoms with Gasteiger partial charge in [-0.15, -0.1) is 0 Å². The highest BCUT2D eigenvalue weighted by molar-refractivity contribution is 5.89. The number of amides is 1. The molecule has 1 spiro atoms. The smallest absolute Gasteiger partial charge is 0.331 e. The highest BCUT2D eigenvalue weighted by atomic mass is 16.6. The van der Waals surface area contributed by atoms with Crippen LogP contribution in [0, 0.1) is 0 Å². The molecule has 0 N–H and O–H groups in total. The van der Waals surface area contributed by atoms with Crippen molar-refractivity contribution in [2.45, 2.75) is 57.7 Å². The van der Waals surface area contributed by atoms with E-state index in [-0.39, 0.29) is 29.9 Å². The molecule has 2 aliphatic heterocycles. The van der Waals surface area contributed by atoms with Gasteiger partial charge < -0.3 is 9.64 Å². The molecular weight excluding hydrogens is 218 g/mol. The summed E-state index contributed by atoms with van der Waals surface area (Å²) in [5.41, 5.74) is -0.972. The van der Waals surface area contributed by atoms with Gasteiger partial charge in [0.2, 0.25) is 5.91 Å². The van der Waals surface area contributed by atoms with Crippen molar-refractivity contribution in [3.05, 3.63) is 12.2 Å². The van der Waals surface area contributed by atoms with Crippen molar-refractivity contribution in [2.24, 2.45) is 0 Å². The third-order valence-electron chi connectivity index (χ3n) is 3.47. The molecule has 2 aliphatic rings. The predicted octanol–water partition coefficient (Wildman–Crippen LogP) is 1.65. The van der Waals surface area contributed by atoms with Gasteiger partial charge in [-0.1, -0.05) is 6.92 Å². The van der Waals surface area contributed by atoms with Crippen molar-refractivity contribution in [1.29, 1.82) is 0 Å². The molecular formula is C13H19NO3. The number of hydrogen-bond acceptors (Lipinski definition) is 3. The topological polar surface area (TPSA) is 46.6 Å². The molecule has 94 valence electrons. The maximum Gasteiger partial charge on any atom is 0.331 e. The molecule has 1 saturated heterocycles. The molecule has 0 aliphatic carbocycles. The normalized spacial score (nSPS) is 32.7. The summed E-state index contributed by atoms with van der Waals surface area (Å²) in [6.07, 6.45) is 4.24. The van der Waals surface area contributed by atoms with Crippen molar-refractivity contribution in [1.82, 2.24) is 4.90 Å². The number of likely N-dealkylation sites (tertiary alicyclic amines) is 1. The van der Waals surface area contributed by atoms with Crippen molar-refractivity contribution in [3.8, 4) is 0 Å². The number of carbonyl (C=O) groups excluding carboxylic acids is 2. The molecule has 1 fully saturated rings. The first-order valence-electron chi connectivity index (χ1n) is 6.04. The van der Waals surface area contributed by atoms with Crippen LogP contribution in [-0.4, -0.2) is 34.0 Å². The summed E-state index contributed by atoms with van der Waals surface area (Å²) in [6.45, 7) is 8.04. The molecule has 2 rings (SSSR count). The second kappa shape index (κ2) is 3.59. The van der Waals surface area contributed by atoms with Gasteiger partial charge in [0.05, 0.1) is 12.5 Å². The van der Waals surface area contributed by atoms with Gasteiger partial charge in [-0.2, -0.15) is 0 Å². The summed E-state index contributed by atoms with van der Waals surface area (Å²) in [5, 5.41) is 0. The monoisotopic (exact) mass is 237 g/mol. The van der Waals surface area contributed by atoms with Crippen LogP contribution >= 0.6 is 0 Å². The maximum atomic E-state index is 12.2. The van der Waals surface area contributed by atoms with E-state index in [9.17, 15) is 9.59 Å². The van der Waals surface area contributed by atoms with Gasteiger partial charge in [-0.3, -0.25) is 4.79 Å². The van der Waals surface area contributed by atoms with Crippen LogP contribution in [0.1, 0.15) is 40.5 Å². The lowest BCUT2D eigenvalue weighted by atomic mass is 9.91. The minimum absolute atomic E-state index is 0.0577. The van der Waals surface area contributed by atoms with Gasteiger partial charge >= 0.3 is 5.97 Å². The summed E-state index contributed by atoms with van der Waals surface area (Å²) in [4.78, 5) is 25.3. The summed E-state index contributed by atoms with van der Waals surface area (Å²) < 4.78 is 5.40. The molecule has 1 amide bonds. The molecule has 4 heteroatoms. The molecule has 0 aromatic carbocycles. The number of rotatable bonds is 1. The van der Waals surface area contributed by atoms with E-state index in [1.807, 2.05) is 32.6 Å². The second-order valence-electron chi connectivity index (χ2n) is 5.74. The van der Waals surface area contributed by atoms with Gasteiger partial charge in [-0.05, 0) is 33.3 Å². The van der Waals surface area contributed by atoms with Crippen molar-refractivity contribution in [3.63, 3.8) is 0 Å². The molecule has 0 radical (unpaired) electrons. The van der Waals surface area contributed by atoms with Gasteiger partial charge in [-0.25, -0.2) is 4.79 Å². The van der Waals surface area contributed by atoms with E-state index in [2.05, 4.69) is 0 Å². The lowest BCUT2D eigenvalue weighted by molar-refractivity contribution is -0.148. The molecule has 4 nitrogen and oxygen atoms in total. The fourth-order valence-corrected chi connectivity index (χ4v) is 2.94. The van der Waals surface area contributed by atoms with E-state index in [0.29, 0.717) is 0 Å². The fraction of sp³-hybridized carbons (Fsp3) is 0.692. The van der Waals surface area contributed by atoms with Crippen LogP contribution in [0.3, 0.4) is 0 Å². The third kappa shape index (κ3) is 1.75. The fourth-order valence-electron chi connectivity index (χ4n) is 2.94. The zero-order chi connectivity index (χ0) is 12.8. The summed E-state index contributed by atoms with van der Waals surface area (Å²) in [6, 6.07) is -0.0577. The van der Waals surface area contributed by atoms with Crippen molar-refractivity contribution < 1.29 is 14.3 Å². The van der Waals surface area contributed by atoms with E-state index >= 15 is 0 Å². The Morgan fingerprint density at radius 2 is 2.12 bits per heavy atom. The standard InChI is InChI=1S/C13H19NO3/c1-5-9-13(7-6-11(16)17-13)8-10(15)14(9)12(2,3)4/h6-7,9H,5,8H2,1-4H3. The average molecular weight is 237 g/mol. The molecule has 0 aromatic rings. The lowest BCUT2D eigenvalue weighted by Gasteiger charge is -2.40. The first-order valence-corrected chi connectivity index (χ1v) is 6.04. The van der Waals surface area contributed by atoms with Gasteiger partial charge in [0.15, 0.2) is 5.60 Å². The lowest BCUT2D eigenvalue weighted by Crippen LogP contribution is -2.52. The molecule has 17 heavy (non-hydrogen) atoms. The van der Waals surface area contributed by atoms with Crippen LogP contribution < -0.4 is 0 Å². The van der Waals surface area contributed by atoms with Gasteiger partial charge in [0.25, 0.3) is 0 Å².